The fraction of sp³-hybridized carbons (Fsp3) is 0.100. The highest BCUT2D eigenvalue weighted by Gasteiger charge is 2.15. The maximum absolute atomic E-state index is 12.3. The van der Waals surface area contributed by atoms with Crippen LogP contribution in [0, 0.1) is 0 Å². The number of carbonyl (C=O) groups is 3. The van der Waals surface area contributed by atoms with Crippen LogP contribution in [-0.2, 0) is 16.1 Å². The molecule has 0 aliphatic rings. The first-order chi connectivity index (χ1) is 19.0. The molecule has 198 valence electrons. The number of aromatic carboxylic acids is 1. The normalized spacial score (nSPS) is 10.3. The molecule has 0 spiro atoms. The van der Waals surface area contributed by atoms with Crippen LogP contribution in [0.1, 0.15) is 15.9 Å². The maximum atomic E-state index is 12.3. The molecular weight excluding hydrogens is 500 g/mol. The summed E-state index contributed by atoms with van der Waals surface area (Å²) in [5.74, 6) is -0.155. The molecule has 0 aromatic heterocycles. The van der Waals surface area contributed by atoms with Crippen LogP contribution in [0.3, 0.4) is 0 Å². The lowest BCUT2D eigenvalue weighted by molar-refractivity contribution is -0.123. The molecule has 0 radical (unpaired) electrons. The first kappa shape index (κ1) is 26.7. The van der Waals surface area contributed by atoms with Crippen LogP contribution in [0.4, 0.5) is 5.69 Å². The van der Waals surface area contributed by atoms with E-state index in [1.807, 2.05) is 30.3 Å². The molecule has 0 aliphatic carbocycles. The highest BCUT2D eigenvalue weighted by atomic mass is 16.5. The molecule has 0 bridgehead atoms. The van der Waals surface area contributed by atoms with Crippen molar-refractivity contribution >= 4 is 23.5 Å². The topological polar surface area (TPSA) is 123 Å². The zero-order valence-corrected chi connectivity index (χ0v) is 20.8. The Hall–Kier alpha value is -5.31. The molecule has 4 rings (SSSR count). The van der Waals surface area contributed by atoms with Crippen molar-refractivity contribution < 1.29 is 33.7 Å². The minimum absolute atomic E-state index is 0.112. The number of nitrogens with one attached hydrogen (secondary N) is 2. The molecule has 0 heterocycles. The third kappa shape index (κ3) is 8.36. The zero-order valence-electron chi connectivity index (χ0n) is 20.8. The Labute approximate surface area is 225 Å². The highest BCUT2D eigenvalue weighted by Crippen LogP contribution is 2.27. The second-order valence-corrected chi connectivity index (χ2v) is 8.29. The molecule has 0 fully saturated rings. The minimum Gasteiger partial charge on any atom is -0.484 e. The molecule has 0 atom stereocenters. The summed E-state index contributed by atoms with van der Waals surface area (Å²) in [7, 11) is 0. The number of benzene rings is 4. The average molecular weight is 527 g/mol. The van der Waals surface area contributed by atoms with E-state index in [9.17, 15) is 19.5 Å². The highest BCUT2D eigenvalue weighted by molar-refractivity contribution is 6.01. The third-order valence-electron chi connectivity index (χ3n) is 5.35. The number of ether oxygens (including phenoxy) is 3. The molecule has 0 aliphatic heterocycles. The fourth-order valence-corrected chi connectivity index (χ4v) is 3.50. The predicted molar refractivity (Wildman–Crippen MR) is 144 cm³/mol. The van der Waals surface area contributed by atoms with E-state index in [0.717, 1.165) is 5.56 Å². The van der Waals surface area contributed by atoms with Crippen molar-refractivity contribution in [3.05, 3.63) is 114 Å². The first-order valence-corrected chi connectivity index (χ1v) is 12.0. The molecule has 2 amide bonds. The third-order valence-corrected chi connectivity index (χ3v) is 5.35. The van der Waals surface area contributed by atoms with E-state index < -0.39 is 11.9 Å². The number of hydrogen-bond acceptors (Lipinski definition) is 6. The van der Waals surface area contributed by atoms with Gasteiger partial charge in [-0.2, -0.15) is 0 Å². The lowest BCUT2D eigenvalue weighted by atomic mass is 10.1. The van der Waals surface area contributed by atoms with Crippen molar-refractivity contribution in [1.29, 1.82) is 0 Å². The van der Waals surface area contributed by atoms with Gasteiger partial charge in [0.15, 0.2) is 13.2 Å². The average Bonchev–Trinajstić information content (AvgIpc) is 2.96. The van der Waals surface area contributed by atoms with Gasteiger partial charge in [-0.1, -0.05) is 48.5 Å². The van der Waals surface area contributed by atoms with Gasteiger partial charge in [0.2, 0.25) is 0 Å². The molecule has 3 N–H and O–H groups in total. The van der Waals surface area contributed by atoms with Gasteiger partial charge < -0.3 is 30.0 Å². The summed E-state index contributed by atoms with van der Waals surface area (Å²) in [5.41, 5.74) is 0.759. The Kier molecular flexibility index (Phi) is 9.12. The molecule has 4 aromatic rings. The SMILES string of the molecule is O=C(COc1ccccc1)NCc1cccc(Oc2ccc(NC(=O)COc3ccccc3)c(C(=O)O)c2)c1. The number of para-hydroxylation sites is 2. The standard InChI is InChI=1S/C30H26N2O7/c33-28(19-37-22-9-3-1-4-10-22)31-18-21-8-7-13-24(16-21)39-25-14-15-27(26(17-25)30(35)36)32-29(34)20-38-23-11-5-2-6-12-23/h1-17H,18-20H2,(H,31,33)(H,32,34)(H,35,36). The quantitative estimate of drug-likeness (QED) is 0.240. The summed E-state index contributed by atoms with van der Waals surface area (Å²) >= 11 is 0. The van der Waals surface area contributed by atoms with E-state index in [-0.39, 0.29) is 42.7 Å². The van der Waals surface area contributed by atoms with Gasteiger partial charge in [0.05, 0.1) is 11.3 Å². The largest absolute Gasteiger partial charge is 0.484 e. The minimum atomic E-state index is -1.23. The Bertz CT molecular complexity index is 1430. The number of amides is 2. The Balaban J connectivity index is 1.32. The number of carbonyl (C=O) groups excluding carboxylic acids is 2. The van der Waals surface area contributed by atoms with Crippen LogP contribution in [0.15, 0.2) is 103 Å². The van der Waals surface area contributed by atoms with E-state index in [0.29, 0.717) is 17.2 Å². The lowest BCUT2D eigenvalue weighted by Crippen LogP contribution is -2.28. The summed E-state index contributed by atoms with van der Waals surface area (Å²) in [6.07, 6.45) is 0. The Morgan fingerprint density at radius 1 is 0.641 bits per heavy atom. The summed E-state index contributed by atoms with van der Waals surface area (Å²) in [5, 5.41) is 15.0. The van der Waals surface area contributed by atoms with Gasteiger partial charge >= 0.3 is 5.97 Å². The van der Waals surface area contributed by atoms with E-state index in [2.05, 4.69) is 10.6 Å². The van der Waals surface area contributed by atoms with Gasteiger partial charge in [0.1, 0.15) is 23.0 Å². The predicted octanol–water partition coefficient (Wildman–Crippen LogP) is 4.89. The van der Waals surface area contributed by atoms with Crippen molar-refractivity contribution in [2.45, 2.75) is 6.54 Å². The Morgan fingerprint density at radius 3 is 1.87 bits per heavy atom. The number of carboxylic acids is 1. The van der Waals surface area contributed by atoms with Gasteiger partial charge in [0.25, 0.3) is 11.8 Å². The van der Waals surface area contributed by atoms with Crippen LogP contribution in [0.2, 0.25) is 0 Å². The first-order valence-electron chi connectivity index (χ1n) is 12.0. The van der Waals surface area contributed by atoms with Gasteiger partial charge in [-0.3, -0.25) is 9.59 Å². The van der Waals surface area contributed by atoms with Crippen molar-refractivity contribution in [3.8, 4) is 23.0 Å². The molecule has 0 saturated carbocycles. The summed E-state index contributed by atoms with van der Waals surface area (Å²) in [6, 6.07) is 29.2. The molecule has 4 aromatic carbocycles. The lowest BCUT2D eigenvalue weighted by Gasteiger charge is -2.13. The number of carboxylic acid groups (broad SMARTS) is 1. The summed E-state index contributed by atoms with van der Waals surface area (Å²) < 4.78 is 16.7. The summed E-state index contributed by atoms with van der Waals surface area (Å²) in [6.45, 7) is -0.132. The van der Waals surface area contributed by atoms with E-state index >= 15 is 0 Å². The van der Waals surface area contributed by atoms with E-state index in [1.165, 1.54) is 12.1 Å². The molecule has 0 saturated heterocycles. The van der Waals surface area contributed by atoms with Crippen LogP contribution >= 0.6 is 0 Å². The van der Waals surface area contributed by atoms with E-state index in [4.69, 9.17) is 14.2 Å². The number of rotatable bonds is 12. The Morgan fingerprint density at radius 2 is 1.23 bits per heavy atom. The molecule has 0 unspecified atom stereocenters. The number of anilines is 1. The van der Waals surface area contributed by atoms with Gasteiger partial charge in [-0.05, 0) is 60.2 Å². The molecule has 9 nitrogen and oxygen atoms in total. The van der Waals surface area contributed by atoms with E-state index in [1.54, 1.807) is 60.7 Å². The van der Waals surface area contributed by atoms with Crippen molar-refractivity contribution in [2.24, 2.45) is 0 Å². The van der Waals surface area contributed by atoms with Crippen molar-refractivity contribution in [3.63, 3.8) is 0 Å². The van der Waals surface area contributed by atoms with Gasteiger partial charge in [-0.15, -0.1) is 0 Å². The van der Waals surface area contributed by atoms with Crippen LogP contribution in [0.25, 0.3) is 0 Å². The van der Waals surface area contributed by atoms with Gasteiger partial charge in [0, 0.05) is 6.54 Å². The monoisotopic (exact) mass is 526 g/mol. The molecule has 39 heavy (non-hydrogen) atoms. The zero-order chi connectivity index (χ0) is 27.5. The number of hydrogen-bond donors (Lipinski definition) is 3. The molecular formula is C30H26N2O7. The maximum Gasteiger partial charge on any atom is 0.337 e. The summed E-state index contributed by atoms with van der Waals surface area (Å²) in [4.78, 5) is 36.3. The van der Waals surface area contributed by atoms with Crippen LogP contribution < -0.4 is 24.8 Å². The second-order valence-electron chi connectivity index (χ2n) is 8.29. The van der Waals surface area contributed by atoms with Crippen LogP contribution in [-0.4, -0.2) is 36.1 Å². The smallest absolute Gasteiger partial charge is 0.337 e. The van der Waals surface area contributed by atoms with Crippen molar-refractivity contribution in [2.75, 3.05) is 18.5 Å². The van der Waals surface area contributed by atoms with Gasteiger partial charge in [-0.25, -0.2) is 4.79 Å². The fourth-order valence-electron chi connectivity index (χ4n) is 3.50. The van der Waals surface area contributed by atoms with Crippen LogP contribution in [0.5, 0.6) is 23.0 Å². The second kappa shape index (κ2) is 13.3. The van der Waals surface area contributed by atoms with Crippen molar-refractivity contribution in [1.82, 2.24) is 5.32 Å². The molecule has 9 heteroatoms.